The molecule has 10 heteroatoms. The first-order valence-electron chi connectivity index (χ1n) is 17.6. The quantitative estimate of drug-likeness (QED) is 0.136. The number of amides is 4. The molecule has 2 aliphatic rings. The molecular formula is C40H44N4O6. The topological polar surface area (TPSA) is 122 Å². The minimum atomic E-state index is -0.574. The fourth-order valence-electron chi connectivity index (χ4n) is 6.96. The lowest BCUT2D eigenvalue weighted by atomic mass is 9.85. The van der Waals surface area contributed by atoms with Crippen LogP contribution in [0.5, 0.6) is 11.5 Å². The third-order valence-electron chi connectivity index (χ3n) is 9.88. The molecule has 0 saturated carbocycles. The van der Waals surface area contributed by atoms with E-state index in [9.17, 15) is 29.4 Å². The van der Waals surface area contributed by atoms with Crippen LogP contribution in [0.15, 0.2) is 60.7 Å². The van der Waals surface area contributed by atoms with Gasteiger partial charge < -0.3 is 10.2 Å². The van der Waals surface area contributed by atoms with Crippen LogP contribution >= 0.6 is 0 Å². The molecule has 0 aromatic heterocycles. The molecule has 260 valence electrons. The molecule has 0 spiro atoms. The first-order chi connectivity index (χ1) is 24.1. The number of imide groups is 2. The SMILES string of the molecule is CCCCN(CC)Cc1cc(N2C(=O)c3ccc4c5c(ccc(c35)C2=O)C(=O)N(c2ccc(O)c(CN(CC)CCCC)c2)C4=O)ccc1O. The van der Waals surface area contributed by atoms with Gasteiger partial charge in [-0.05, 0) is 99.7 Å². The first-order valence-corrected chi connectivity index (χ1v) is 17.6. The molecule has 4 aromatic carbocycles. The molecule has 2 N–H and O–H groups in total. The number of carbonyl (C=O) groups is 4. The van der Waals surface area contributed by atoms with Crippen molar-refractivity contribution in [2.75, 3.05) is 36.0 Å². The van der Waals surface area contributed by atoms with Crippen LogP contribution in [-0.4, -0.2) is 69.8 Å². The van der Waals surface area contributed by atoms with Gasteiger partial charge in [0.15, 0.2) is 0 Å². The number of hydrogen-bond acceptors (Lipinski definition) is 8. The Hall–Kier alpha value is -5.06. The monoisotopic (exact) mass is 676 g/mol. The number of nitrogens with zero attached hydrogens (tertiary/aromatic N) is 4. The number of anilines is 2. The van der Waals surface area contributed by atoms with E-state index >= 15 is 0 Å². The Balaban J connectivity index is 1.36. The second kappa shape index (κ2) is 14.4. The molecule has 10 nitrogen and oxygen atoms in total. The minimum absolute atomic E-state index is 0.0843. The van der Waals surface area contributed by atoms with Gasteiger partial charge in [0, 0.05) is 57.2 Å². The third-order valence-corrected chi connectivity index (χ3v) is 9.88. The van der Waals surface area contributed by atoms with Crippen molar-refractivity contribution >= 4 is 45.8 Å². The average molecular weight is 677 g/mol. The smallest absolute Gasteiger partial charge is 0.265 e. The van der Waals surface area contributed by atoms with Gasteiger partial charge in [-0.1, -0.05) is 40.5 Å². The van der Waals surface area contributed by atoms with Crippen LogP contribution in [0.3, 0.4) is 0 Å². The highest BCUT2D eigenvalue weighted by atomic mass is 16.3. The predicted molar refractivity (Wildman–Crippen MR) is 194 cm³/mol. The largest absolute Gasteiger partial charge is 0.508 e. The van der Waals surface area contributed by atoms with Crippen LogP contribution in [0.2, 0.25) is 0 Å². The van der Waals surface area contributed by atoms with E-state index in [0.717, 1.165) is 61.7 Å². The lowest BCUT2D eigenvalue weighted by molar-refractivity contribution is 0.0873. The number of benzene rings is 4. The molecule has 4 amide bonds. The fourth-order valence-corrected chi connectivity index (χ4v) is 6.96. The average Bonchev–Trinajstić information content (AvgIpc) is 3.12. The summed E-state index contributed by atoms with van der Waals surface area (Å²) in [4.78, 5) is 62.9. The number of rotatable bonds is 14. The normalized spacial score (nSPS) is 14.2. The Morgan fingerprint density at radius 1 is 0.520 bits per heavy atom. The van der Waals surface area contributed by atoms with E-state index in [1.165, 1.54) is 12.1 Å². The summed E-state index contributed by atoms with van der Waals surface area (Å²) in [7, 11) is 0. The lowest BCUT2D eigenvalue weighted by Crippen LogP contribution is -2.43. The van der Waals surface area contributed by atoms with Crippen molar-refractivity contribution in [2.45, 2.75) is 66.5 Å². The first kappa shape index (κ1) is 34.8. The maximum Gasteiger partial charge on any atom is 0.265 e. The molecule has 6 rings (SSSR count). The van der Waals surface area contributed by atoms with Crippen LogP contribution in [0, 0.1) is 0 Å². The Bertz CT molecular complexity index is 1790. The van der Waals surface area contributed by atoms with Crippen molar-refractivity contribution in [1.29, 1.82) is 0 Å². The van der Waals surface area contributed by atoms with Gasteiger partial charge in [0.25, 0.3) is 23.6 Å². The van der Waals surface area contributed by atoms with E-state index in [4.69, 9.17) is 0 Å². The molecule has 0 unspecified atom stereocenters. The molecule has 0 aliphatic carbocycles. The maximum absolute atomic E-state index is 14.1. The number of hydrogen-bond donors (Lipinski definition) is 2. The summed E-state index contributed by atoms with van der Waals surface area (Å²) in [5.41, 5.74) is 2.71. The van der Waals surface area contributed by atoms with Gasteiger partial charge in [0.2, 0.25) is 0 Å². The molecule has 0 atom stereocenters. The van der Waals surface area contributed by atoms with Crippen molar-refractivity contribution in [2.24, 2.45) is 0 Å². The van der Waals surface area contributed by atoms with Gasteiger partial charge >= 0.3 is 0 Å². The summed E-state index contributed by atoms with van der Waals surface area (Å²) in [5.74, 6) is -2.13. The second-order valence-electron chi connectivity index (χ2n) is 13.0. The van der Waals surface area contributed by atoms with E-state index in [-0.39, 0.29) is 44.5 Å². The zero-order chi connectivity index (χ0) is 35.7. The minimum Gasteiger partial charge on any atom is -0.508 e. The fraction of sp³-hybridized carbons (Fsp3) is 0.350. The van der Waals surface area contributed by atoms with Gasteiger partial charge in [0.05, 0.1) is 11.4 Å². The number of unbranched alkanes of at least 4 members (excludes halogenated alkanes) is 2. The number of carbonyl (C=O) groups excluding carboxylic acids is 4. The van der Waals surface area contributed by atoms with E-state index in [0.29, 0.717) is 35.6 Å². The van der Waals surface area contributed by atoms with Gasteiger partial charge in [0.1, 0.15) is 11.5 Å². The van der Waals surface area contributed by atoms with E-state index in [1.807, 2.05) is 0 Å². The van der Waals surface area contributed by atoms with Gasteiger partial charge in [-0.2, -0.15) is 0 Å². The van der Waals surface area contributed by atoms with Gasteiger partial charge in [-0.3, -0.25) is 29.0 Å². The Morgan fingerprint density at radius 3 is 1.16 bits per heavy atom. The molecule has 4 aromatic rings. The highest BCUT2D eigenvalue weighted by Crippen LogP contribution is 2.41. The second-order valence-corrected chi connectivity index (χ2v) is 13.0. The van der Waals surface area contributed by atoms with Crippen molar-refractivity contribution < 1.29 is 29.4 Å². The van der Waals surface area contributed by atoms with Crippen LogP contribution in [0.4, 0.5) is 11.4 Å². The maximum atomic E-state index is 14.1. The van der Waals surface area contributed by atoms with Crippen LogP contribution in [0.1, 0.15) is 106 Å². The summed E-state index contributed by atoms with van der Waals surface area (Å²) < 4.78 is 0. The number of phenols is 2. The third kappa shape index (κ3) is 6.14. The van der Waals surface area contributed by atoms with Crippen molar-refractivity contribution in [3.8, 4) is 11.5 Å². The highest BCUT2D eigenvalue weighted by Gasteiger charge is 2.41. The van der Waals surface area contributed by atoms with Crippen LogP contribution in [0.25, 0.3) is 10.8 Å². The van der Waals surface area contributed by atoms with Crippen molar-refractivity contribution in [1.82, 2.24) is 9.80 Å². The molecule has 0 bridgehead atoms. The van der Waals surface area contributed by atoms with Crippen LogP contribution in [-0.2, 0) is 13.1 Å². The predicted octanol–water partition coefficient (Wildman–Crippen LogP) is 7.10. The number of phenolic OH excluding ortho intramolecular Hbond substituents is 2. The summed E-state index contributed by atoms with van der Waals surface area (Å²) in [6, 6.07) is 15.6. The highest BCUT2D eigenvalue weighted by molar-refractivity contribution is 6.42. The van der Waals surface area contributed by atoms with E-state index in [2.05, 4.69) is 37.5 Å². The summed E-state index contributed by atoms with van der Waals surface area (Å²) in [6.45, 7) is 12.6. The molecule has 2 aliphatic heterocycles. The molecule has 0 fully saturated rings. The molecule has 0 radical (unpaired) electrons. The summed E-state index contributed by atoms with van der Waals surface area (Å²) in [6.07, 6.45) is 4.10. The Morgan fingerprint density at radius 2 is 0.860 bits per heavy atom. The van der Waals surface area contributed by atoms with Gasteiger partial charge in [-0.25, -0.2) is 9.80 Å². The van der Waals surface area contributed by atoms with Crippen LogP contribution < -0.4 is 9.80 Å². The molecular weight excluding hydrogens is 632 g/mol. The summed E-state index contributed by atoms with van der Waals surface area (Å²) in [5, 5.41) is 21.9. The zero-order valence-corrected chi connectivity index (χ0v) is 29.2. The van der Waals surface area contributed by atoms with Crippen molar-refractivity contribution in [3.63, 3.8) is 0 Å². The van der Waals surface area contributed by atoms with Crippen molar-refractivity contribution in [3.05, 3.63) is 94.0 Å². The molecule has 50 heavy (non-hydrogen) atoms. The molecule has 2 heterocycles. The molecule has 0 saturated heterocycles. The lowest BCUT2D eigenvalue weighted by Gasteiger charge is -2.32. The van der Waals surface area contributed by atoms with E-state index < -0.39 is 23.6 Å². The Kier molecular flexibility index (Phi) is 10.0. The standard InChI is InChI=1S/C40H44N4O6/c1-5-9-19-41(7-3)23-25-21-27(11-17-33(25)45)43-37(47)29-13-15-31-36-32(16-14-30(35(29)36)38(43)48)40(50)44(39(31)49)28-12-18-34(46)26(22-28)24-42(8-4)20-10-6-2/h11-18,21-22,45-46H,5-10,19-20,23-24H2,1-4H3. The zero-order valence-electron chi connectivity index (χ0n) is 29.2. The van der Waals surface area contributed by atoms with Gasteiger partial charge in [-0.15, -0.1) is 0 Å². The van der Waals surface area contributed by atoms with E-state index in [1.54, 1.807) is 48.5 Å². The summed E-state index contributed by atoms with van der Waals surface area (Å²) >= 11 is 0. The Labute approximate surface area is 292 Å². The number of aromatic hydroxyl groups is 2.